The molecule has 33 heavy (non-hydrogen) atoms. The van der Waals surface area contributed by atoms with Gasteiger partial charge in [-0.1, -0.05) is 6.07 Å². The third kappa shape index (κ3) is 4.12. The normalized spacial score (nSPS) is 18.8. The Hall–Kier alpha value is -3.21. The number of carbonyl (C=O) groups excluding carboxylic acids is 2. The molecule has 0 unspecified atom stereocenters. The van der Waals surface area contributed by atoms with Gasteiger partial charge in [0, 0.05) is 60.0 Å². The van der Waals surface area contributed by atoms with E-state index in [-0.39, 0.29) is 40.5 Å². The van der Waals surface area contributed by atoms with Crippen LogP contribution in [0.25, 0.3) is 0 Å². The monoisotopic (exact) mass is 470 g/mol. The zero-order valence-electron chi connectivity index (χ0n) is 18.5. The largest absolute Gasteiger partial charge is 0.492 e. The van der Waals surface area contributed by atoms with Crippen molar-refractivity contribution >= 4 is 45.8 Å². The fourth-order valence-corrected chi connectivity index (χ4v) is 6.01. The highest BCUT2D eigenvalue weighted by molar-refractivity contribution is 7.86. The van der Waals surface area contributed by atoms with E-state index in [0.717, 1.165) is 43.1 Å². The van der Waals surface area contributed by atoms with E-state index in [0.29, 0.717) is 11.4 Å². The second-order valence-corrected chi connectivity index (χ2v) is 10.3. The zero-order chi connectivity index (χ0) is 23.2. The molecule has 5 rings (SSSR count). The third-order valence-corrected chi connectivity index (χ3v) is 8.09. The molecule has 174 valence electrons. The van der Waals surface area contributed by atoms with E-state index >= 15 is 0 Å². The number of nitrogens with zero attached hydrogens (tertiary/aromatic N) is 3. The predicted molar refractivity (Wildman–Crippen MR) is 126 cm³/mol. The molecule has 1 aliphatic carbocycles. The highest BCUT2D eigenvalue weighted by Gasteiger charge is 2.52. The maximum atomic E-state index is 12.4. The fourth-order valence-electron chi connectivity index (χ4n) is 4.37. The average Bonchev–Trinajstić information content (AvgIpc) is 3.60. The van der Waals surface area contributed by atoms with E-state index in [2.05, 4.69) is 30.8 Å². The molecule has 2 amide bonds. The lowest BCUT2D eigenvalue weighted by molar-refractivity contribution is -0.117. The van der Waals surface area contributed by atoms with E-state index in [1.54, 1.807) is 7.11 Å². The van der Waals surface area contributed by atoms with Crippen LogP contribution in [-0.4, -0.2) is 64.7 Å². The Kier molecular flexibility index (Phi) is 5.43. The van der Waals surface area contributed by atoms with Gasteiger partial charge in [0.15, 0.2) is 5.75 Å². The lowest BCUT2D eigenvalue weighted by atomic mass is 9.82. The number of para-hydroxylation sites is 1. The van der Waals surface area contributed by atoms with E-state index in [4.69, 9.17) is 4.74 Å². The van der Waals surface area contributed by atoms with Crippen LogP contribution in [0.4, 0.5) is 23.1 Å². The third-order valence-electron chi connectivity index (χ3n) is 6.22. The minimum Gasteiger partial charge on any atom is -0.492 e. The number of amides is 2. The van der Waals surface area contributed by atoms with E-state index in [1.807, 2.05) is 18.2 Å². The summed E-state index contributed by atoms with van der Waals surface area (Å²) in [6.45, 7) is 1.68. The SMILES string of the molecule is CNC(=O)c1cnc(NC(=O)C2CC2)nc1Nc1cccc(N2CC3(C2)CS(=O)C3)c1OC. The van der Waals surface area contributed by atoms with Crippen molar-refractivity contribution in [2.45, 2.75) is 12.8 Å². The van der Waals surface area contributed by atoms with Crippen molar-refractivity contribution in [3.05, 3.63) is 30.0 Å². The van der Waals surface area contributed by atoms with Gasteiger partial charge in [-0.05, 0) is 25.0 Å². The average molecular weight is 471 g/mol. The summed E-state index contributed by atoms with van der Waals surface area (Å²) in [5, 5.41) is 8.51. The second kappa shape index (κ2) is 8.29. The van der Waals surface area contributed by atoms with Gasteiger partial charge in [-0.3, -0.25) is 19.1 Å². The Morgan fingerprint density at radius 3 is 2.64 bits per heavy atom. The van der Waals surface area contributed by atoms with Crippen LogP contribution < -0.4 is 25.6 Å². The molecular weight excluding hydrogens is 444 g/mol. The first-order chi connectivity index (χ1) is 15.9. The van der Waals surface area contributed by atoms with Crippen molar-refractivity contribution in [3.63, 3.8) is 0 Å². The van der Waals surface area contributed by atoms with Crippen LogP contribution in [0, 0.1) is 11.3 Å². The number of hydrogen-bond donors (Lipinski definition) is 3. The highest BCUT2D eigenvalue weighted by atomic mass is 32.2. The van der Waals surface area contributed by atoms with Crippen LogP contribution in [0.3, 0.4) is 0 Å². The van der Waals surface area contributed by atoms with Gasteiger partial charge < -0.3 is 20.3 Å². The molecule has 3 fully saturated rings. The molecule has 1 saturated carbocycles. The Morgan fingerprint density at radius 2 is 2.00 bits per heavy atom. The second-order valence-electron chi connectivity index (χ2n) is 8.87. The first-order valence-corrected chi connectivity index (χ1v) is 12.3. The highest BCUT2D eigenvalue weighted by Crippen LogP contribution is 2.46. The molecule has 1 aromatic carbocycles. The van der Waals surface area contributed by atoms with Gasteiger partial charge in [-0.2, -0.15) is 4.98 Å². The van der Waals surface area contributed by atoms with Gasteiger partial charge in [-0.25, -0.2) is 4.98 Å². The van der Waals surface area contributed by atoms with Gasteiger partial charge >= 0.3 is 0 Å². The van der Waals surface area contributed by atoms with Crippen LogP contribution in [0.5, 0.6) is 5.75 Å². The Bertz CT molecular complexity index is 1140. The van der Waals surface area contributed by atoms with Gasteiger partial charge in [-0.15, -0.1) is 0 Å². The molecule has 0 radical (unpaired) electrons. The number of anilines is 4. The molecule has 1 spiro atoms. The lowest BCUT2D eigenvalue weighted by Crippen LogP contribution is -2.67. The van der Waals surface area contributed by atoms with Crippen LogP contribution >= 0.6 is 0 Å². The molecule has 0 atom stereocenters. The minimum absolute atomic E-state index is 0.00770. The first-order valence-electron chi connectivity index (χ1n) is 10.9. The van der Waals surface area contributed by atoms with Gasteiger partial charge in [0.1, 0.15) is 11.4 Å². The standard InChI is InChI=1S/C22H26N6O4S/c1-23-20(30)14-8-24-21(27-19(29)13-6-7-13)26-18(14)25-15-4-3-5-16(17(15)32-2)28-9-22(10-28)11-33(31)12-22/h3-5,8,13H,6-7,9-12H2,1-2H3,(H,23,30)(H2,24,25,26,27,29). The molecular formula is C22H26N6O4S. The summed E-state index contributed by atoms with van der Waals surface area (Å²) in [4.78, 5) is 35.3. The van der Waals surface area contributed by atoms with Gasteiger partial charge in [0.25, 0.3) is 5.91 Å². The molecule has 10 nitrogen and oxygen atoms in total. The summed E-state index contributed by atoms with van der Waals surface area (Å²) < 4.78 is 17.3. The Labute approximate surface area is 194 Å². The Morgan fingerprint density at radius 1 is 1.24 bits per heavy atom. The summed E-state index contributed by atoms with van der Waals surface area (Å²) in [6, 6.07) is 5.72. The summed E-state index contributed by atoms with van der Waals surface area (Å²) in [5.41, 5.74) is 1.96. The molecule has 2 saturated heterocycles. The van der Waals surface area contributed by atoms with E-state index in [9.17, 15) is 13.8 Å². The number of ether oxygens (including phenoxy) is 1. The summed E-state index contributed by atoms with van der Waals surface area (Å²) >= 11 is 0. The molecule has 1 aromatic heterocycles. The van der Waals surface area contributed by atoms with Crippen LogP contribution in [0.15, 0.2) is 24.4 Å². The molecule has 3 N–H and O–H groups in total. The van der Waals surface area contributed by atoms with Crippen molar-refractivity contribution in [2.24, 2.45) is 11.3 Å². The van der Waals surface area contributed by atoms with Gasteiger partial charge in [0.2, 0.25) is 11.9 Å². The fraction of sp³-hybridized carbons (Fsp3) is 0.455. The van der Waals surface area contributed by atoms with Gasteiger partial charge in [0.05, 0.1) is 18.5 Å². The van der Waals surface area contributed by atoms with Crippen molar-refractivity contribution in [1.82, 2.24) is 15.3 Å². The maximum Gasteiger partial charge on any atom is 0.256 e. The molecule has 0 bridgehead atoms. The van der Waals surface area contributed by atoms with Crippen molar-refractivity contribution in [3.8, 4) is 5.75 Å². The number of hydrogen-bond acceptors (Lipinski definition) is 8. The first kappa shape index (κ1) is 21.6. The van der Waals surface area contributed by atoms with E-state index in [1.165, 1.54) is 13.2 Å². The molecule has 11 heteroatoms. The maximum absolute atomic E-state index is 12.4. The molecule has 2 aliphatic heterocycles. The number of rotatable bonds is 7. The van der Waals surface area contributed by atoms with E-state index < -0.39 is 10.8 Å². The lowest BCUT2D eigenvalue weighted by Gasteiger charge is -2.56. The number of methoxy groups -OCH3 is 1. The number of nitrogens with one attached hydrogen (secondary N) is 3. The van der Waals surface area contributed by atoms with Crippen molar-refractivity contribution < 1.29 is 18.5 Å². The zero-order valence-corrected chi connectivity index (χ0v) is 19.3. The number of benzene rings is 1. The topological polar surface area (TPSA) is 126 Å². The quantitative estimate of drug-likeness (QED) is 0.556. The predicted octanol–water partition coefficient (Wildman–Crippen LogP) is 1.51. The molecule has 2 aromatic rings. The van der Waals surface area contributed by atoms with Crippen LogP contribution in [0.1, 0.15) is 23.2 Å². The van der Waals surface area contributed by atoms with Crippen molar-refractivity contribution in [2.75, 3.05) is 54.3 Å². The van der Waals surface area contributed by atoms with Crippen LogP contribution in [-0.2, 0) is 15.6 Å². The summed E-state index contributed by atoms with van der Waals surface area (Å²) in [6.07, 6.45) is 3.12. The minimum atomic E-state index is -0.686. The Balaban J connectivity index is 1.42. The summed E-state index contributed by atoms with van der Waals surface area (Å²) in [7, 11) is 2.44. The molecule has 3 heterocycles. The number of carbonyl (C=O) groups is 2. The van der Waals surface area contributed by atoms with Crippen molar-refractivity contribution in [1.29, 1.82) is 0 Å². The number of aromatic nitrogens is 2. The van der Waals surface area contributed by atoms with Crippen LogP contribution in [0.2, 0.25) is 0 Å². The molecule has 3 aliphatic rings. The smallest absolute Gasteiger partial charge is 0.256 e. The summed E-state index contributed by atoms with van der Waals surface area (Å²) in [5.74, 6) is 2.09.